The molecule has 122 valence electrons. The molecule has 1 aromatic heterocycles. The highest BCUT2D eigenvalue weighted by Crippen LogP contribution is 2.39. The number of nitrogens with zero attached hydrogens (tertiary/aromatic N) is 1. The zero-order valence-electron chi connectivity index (χ0n) is 13.8. The van der Waals surface area contributed by atoms with Crippen LogP contribution in [0, 0.1) is 0 Å². The number of H-pyrrole nitrogens is 1. The molecule has 2 aromatic carbocycles. The average Bonchev–Trinajstić information content (AvgIpc) is 3.02. The molecule has 3 aromatic rings. The van der Waals surface area contributed by atoms with Crippen molar-refractivity contribution in [3.8, 4) is 0 Å². The van der Waals surface area contributed by atoms with E-state index in [1.165, 1.54) is 54.6 Å². The first-order valence-corrected chi connectivity index (χ1v) is 9.03. The van der Waals surface area contributed by atoms with Gasteiger partial charge in [-0.25, -0.2) is 0 Å². The van der Waals surface area contributed by atoms with E-state index in [2.05, 4.69) is 69.8 Å². The van der Waals surface area contributed by atoms with Crippen molar-refractivity contribution in [2.45, 2.75) is 31.3 Å². The topological polar surface area (TPSA) is 31.1 Å². The van der Waals surface area contributed by atoms with Gasteiger partial charge in [0.05, 0.1) is 6.04 Å². The van der Waals surface area contributed by atoms with Crippen LogP contribution in [0.1, 0.15) is 30.1 Å². The average molecular weight is 317 g/mol. The van der Waals surface area contributed by atoms with E-state index in [1.807, 2.05) is 0 Å². The number of fused-ring (bicyclic) bond motifs is 5. The van der Waals surface area contributed by atoms with Gasteiger partial charge in [-0.1, -0.05) is 36.4 Å². The molecule has 1 saturated heterocycles. The molecule has 0 amide bonds. The summed E-state index contributed by atoms with van der Waals surface area (Å²) in [5.41, 5.74) is 5.54. The maximum atomic E-state index is 3.74. The number of hydrogen-bond donors (Lipinski definition) is 2. The predicted molar refractivity (Wildman–Crippen MR) is 99.4 cm³/mol. The van der Waals surface area contributed by atoms with E-state index in [1.54, 1.807) is 5.56 Å². The van der Waals surface area contributed by atoms with Crippen molar-refractivity contribution < 1.29 is 0 Å². The Balaban J connectivity index is 1.44. The summed E-state index contributed by atoms with van der Waals surface area (Å²) in [4.78, 5) is 6.40. The lowest BCUT2D eigenvalue weighted by molar-refractivity contribution is 0.128. The Hall–Kier alpha value is -2.26. The Morgan fingerprint density at radius 3 is 2.71 bits per heavy atom. The van der Waals surface area contributed by atoms with Crippen molar-refractivity contribution in [2.24, 2.45) is 0 Å². The van der Waals surface area contributed by atoms with Gasteiger partial charge in [0.2, 0.25) is 0 Å². The van der Waals surface area contributed by atoms with Crippen molar-refractivity contribution in [3.05, 3.63) is 65.9 Å². The molecule has 2 aliphatic rings. The van der Waals surface area contributed by atoms with Crippen LogP contribution >= 0.6 is 0 Å². The van der Waals surface area contributed by atoms with Crippen LogP contribution in [0.15, 0.2) is 54.6 Å². The van der Waals surface area contributed by atoms with Crippen LogP contribution in [0.5, 0.6) is 0 Å². The lowest BCUT2D eigenvalue weighted by atomic mass is 9.88. The fourth-order valence-corrected chi connectivity index (χ4v) is 4.51. The van der Waals surface area contributed by atoms with Crippen molar-refractivity contribution in [2.75, 3.05) is 18.4 Å². The Bertz CT molecular complexity index is 852. The summed E-state index contributed by atoms with van der Waals surface area (Å²) in [6, 6.07) is 20.5. The summed E-state index contributed by atoms with van der Waals surface area (Å²) in [5, 5.41) is 5.16. The highest BCUT2D eigenvalue weighted by Gasteiger charge is 2.35. The summed E-state index contributed by atoms with van der Waals surface area (Å²) in [7, 11) is 0. The van der Waals surface area contributed by atoms with Gasteiger partial charge in [0.15, 0.2) is 0 Å². The Labute approximate surface area is 142 Å². The summed E-state index contributed by atoms with van der Waals surface area (Å²) in [6.45, 7) is 2.38. The number of piperidine rings is 1. The Morgan fingerprint density at radius 2 is 1.79 bits per heavy atom. The van der Waals surface area contributed by atoms with Gasteiger partial charge in [-0.05, 0) is 43.0 Å². The lowest BCUT2D eigenvalue weighted by Gasteiger charge is -2.42. The minimum Gasteiger partial charge on any atom is -0.382 e. The van der Waals surface area contributed by atoms with E-state index >= 15 is 0 Å². The van der Waals surface area contributed by atoms with Crippen LogP contribution in [0.2, 0.25) is 0 Å². The summed E-state index contributed by atoms with van der Waals surface area (Å²) >= 11 is 0. The Morgan fingerprint density at radius 1 is 0.958 bits per heavy atom. The maximum absolute atomic E-state index is 3.74. The van der Waals surface area contributed by atoms with E-state index in [4.69, 9.17) is 0 Å². The van der Waals surface area contributed by atoms with E-state index in [-0.39, 0.29) is 0 Å². The van der Waals surface area contributed by atoms with Crippen molar-refractivity contribution >= 4 is 16.6 Å². The molecule has 3 heterocycles. The van der Waals surface area contributed by atoms with Gasteiger partial charge in [0, 0.05) is 41.4 Å². The minimum absolute atomic E-state index is 0.524. The molecule has 2 atom stereocenters. The number of nitrogens with one attached hydrogen (secondary N) is 2. The molecule has 1 fully saturated rings. The molecule has 24 heavy (non-hydrogen) atoms. The first-order valence-electron chi connectivity index (χ1n) is 9.03. The highest BCUT2D eigenvalue weighted by atomic mass is 15.2. The molecule has 0 spiro atoms. The molecule has 5 rings (SSSR count). The number of rotatable bonds is 2. The second kappa shape index (κ2) is 5.67. The van der Waals surface area contributed by atoms with E-state index in [0.29, 0.717) is 12.1 Å². The molecule has 2 N–H and O–H groups in total. The first kappa shape index (κ1) is 14.1. The third-order valence-electron chi connectivity index (χ3n) is 5.69. The van der Waals surface area contributed by atoms with Gasteiger partial charge < -0.3 is 10.3 Å². The SMILES string of the molecule is c1ccc(N[C@H]2CCN3CCc4c([nH]c5ccccc45)[C@@H]3C2)cc1. The van der Waals surface area contributed by atoms with Gasteiger partial charge in [0.1, 0.15) is 0 Å². The van der Waals surface area contributed by atoms with Crippen LogP contribution in [0.3, 0.4) is 0 Å². The minimum atomic E-state index is 0.524. The van der Waals surface area contributed by atoms with Gasteiger partial charge >= 0.3 is 0 Å². The van der Waals surface area contributed by atoms with Gasteiger partial charge in [-0.15, -0.1) is 0 Å². The largest absolute Gasteiger partial charge is 0.382 e. The second-order valence-corrected chi connectivity index (χ2v) is 7.10. The van der Waals surface area contributed by atoms with Crippen LogP contribution in [-0.4, -0.2) is 29.0 Å². The number of anilines is 1. The third kappa shape index (κ3) is 2.31. The van der Waals surface area contributed by atoms with Crippen LogP contribution < -0.4 is 5.32 Å². The fraction of sp³-hybridized carbons (Fsp3) is 0.333. The fourth-order valence-electron chi connectivity index (χ4n) is 4.51. The number of para-hydroxylation sites is 2. The second-order valence-electron chi connectivity index (χ2n) is 7.10. The zero-order chi connectivity index (χ0) is 15.9. The molecule has 0 bridgehead atoms. The van der Waals surface area contributed by atoms with Crippen LogP contribution in [0.4, 0.5) is 5.69 Å². The van der Waals surface area contributed by atoms with Gasteiger partial charge in [0.25, 0.3) is 0 Å². The van der Waals surface area contributed by atoms with Gasteiger partial charge in [-0.3, -0.25) is 4.90 Å². The summed E-state index contributed by atoms with van der Waals surface area (Å²) in [5.74, 6) is 0. The number of hydrogen-bond acceptors (Lipinski definition) is 2. The highest BCUT2D eigenvalue weighted by molar-refractivity contribution is 5.85. The molecule has 0 saturated carbocycles. The smallest absolute Gasteiger partial charge is 0.0521 e. The van der Waals surface area contributed by atoms with E-state index < -0.39 is 0 Å². The Kier molecular flexibility index (Phi) is 3.34. The lowest BCUT2D eigenvalue weighted by Crippen LogP contribution is -2.44. The van der Waals surface area contributed by atoms with Crippen LogP contribution in [0.25, 0.3) is 10.9 Å². The number of benzene rings is 2. The third-order valence-corrected chi connectivity index (χ3v) is 5.69. The van der Waals surface area contributed by atoms with E-state index in [0.717, 1.165) is 0 Å². The van der Waals surface area contributed by atoms with Crippen molar-refractivity contribution in [1.29, 1.82) is 0 Å². The normalized spacial score (nSPS) is 23.7. The summed E-state index contributed by atoms with van der Waals surface area (Å²) in [6.07, 6.45) is 3.57. The molecular weight excluding hydrogens is 294 g/mol. The summed E-state index contributed by atoms with van der Waals surface area (Å²) < 4.78 is 0. The standard InChI is InChI=1S/C21H23N3/c1-2-6-15(7-3-1)22-16-10-12-24-13-11-18-17-8-4-5-9-19(17)23-21(18)20(24)14-16/h1-9,16,20,22-23H,10-14H2/t16-,20-/m0/s1. The quantitative estimate of drug-likeness (QED) is 0.736. The van der Waals surface area contributed by atoms with Gasteiger partial charge in [-0.2, -0.15) is 0 Å². The van der Waals surface area contributed by atoms with Crippen molar-refractivity contribution in [3.63, 3.8) is 0 Å². The predicted octanol–water partition coefficient (Wildman–Crippen LogP) is 4.34. The number of aromatic amines is 1. The zero-order valence-corrected chi connectivity index (χ0v) is 13.8. The molecule has 2 aliphatic heterocycles. The molecule has 3 heteroatoms. The molecule has 3 nitrogen and oxygen atoms in total. The first-order chi connectivity index (χ1) is 11.9. The monoisotopic (exact) mass is 317 g/mol. The van der Waals surface area contributed by atoms with Crippen LogP contribution in [-0.2, 0) is 6.42 Å². The molecule has 0 unspecified atom stereocenters. The van der Waals surface area contributed by atoms with E-state index in [9.17, 15) is 0 Å². The molecule has 0 radical (unpaired) electrons. The maximum Gasteiger partial charge on any atom is 0.0521 e. The molecular formula is C21H23N3. The molecule has 0 aliphatic carbocycles. The number of aromatic nitrogens is 1. The van der Waals surface area contributed by atoms with Crippen molar-refractivity contribution in [1.82, 2.24) is 9.88 Å².